The number of nitrogens with one attached hydrogen (secondary N) is 1. The zero-order valence-electron chi connectivity index (χ0n) is 11.1. The Morgan fingerprint density at radius 3 is 2.63 bits per heavy atom. The van der Waals surface area contributed by atoms with E-state index in [1.807, 2.05) is 6.07 Å². The molecule has 1 unspecified atom stereocenters. The van der Waals surface area contributed by atoms with Gasteiger partial charge in [-0.3, -0.25) is 11.3 Å². The van der Waals surface area contributed by atoms with Crippen molar-refractivity contribution in [3.8, 4) is 0 Å². The van der Waals surface area contributed by atoms with Crippen LogP contribution in [0.3, 0.4) is 0 Å². The van der Waals surface area contributed by atoms with E-state index in [1.54, 1.807) is 0 Å². The van der Waals surface area contributed by atoms with Gasteiger partial charge in [-0.1, -0.05) is 65.3 Å². The molecule has 19 heavy (non-hydrogen) atoms. The molecule has 2 rings (SSSR count). The van der Waals surface area contributed by atoms with Crippen molar-refractivity contribution in [1.29, 1.82) is 0 Å². The van der Waals surface area contributed by atoms with E-state index in [4.69, 9.17) is 5.84 Å². The fourth-order valence-electron chi connectivity index (χ4n) is 2.19. The summed E-state index contributed by atoms with van der Waals surface area (Å²) in [6.45, 7) is 2.16. The maximum absolute atomic E-state index is 5.73. The molecule has 0 aliphatic carbocycles. The number of nitrogens with two attached hydrogens (primary N) is 1. The quantitative estimate of drug-likeness (QED) is 0.650. The van der Waals surface area contributed by atoms with Gasteiger partial charge in [0.05, 0.1) is 6.04 Å². The zero-order valence-corrected chi connectivity index (χ0v) is 12.7. The van der Waals surface area contributed by atoms with Gasteiger partial charge in [-0.05, 0) is 35.6 Å². The summed E-state index contributed by atoms with van der Waals surface area (Å²) in [5.74, 6) is 5.73. The van der Waals surface area contributed by atoms with Crippen molar-refractivity contribution in [2.24, 2.45) is 5.84 Å². The molecule has 3 N–H and O–H groups in total. The van der Waals surface area contributed by atoms with Crippen LogP contribution in [0.15, 0.2) is 53.0 Å². The summed E-state index contributed by atoms with van der Waals surface area (Å²) in [5, 5.41) is 0. The van der Waals surface area contributed by atoms with Crippen LogP contribution in [-0.4, -0.2) is 0 Å². The molecule has 3 heteroatoms. The van der Waals surface area contributed by atoms with Crippen LogP contribution < -0.4 is 11.3 Å². The van der Waals surface area contributed by atoms with Crippen LogP contribution >= 0.6 is 15.9 Å². The van der Waals surface area contributed by atoms with Crippen LogP contribution in [0.1, 0.15) is 29.7 Å². The topological polar surface area (TPSA) is 38.0 Å². The van der Waals surface area contributed by atoms with E-state index < -0.39 is 0 Å². The average Bonchev–Trinajstić information content (AvgIpc) is 2.46. The Morgan fingerprint density at radius 1 is 1.16 bits per heavy atom. The van der Waals surface area contributed by atoms with Crippen molar-refractivity contribution in [2.45, 2.75) is 25.8 Å². The number of hydrogen-bond donors (Lipinski definition) is 2. The summed E-state index contributed by atoms with van der Waals surface area (Å²) in [5.41, 5.74) is 6.75. The Bertz CT molecular complexity index is 540. The molecule has 0 aliphatic rings. The minimum atomic E-state index is 0.130. The molecule has 0 fully saturated rings. The van der Waals surface area contributed by atoms with Crippen LogP contribution in [0, 0.1) is 0 Å². The molecule has 0 aliphatic heterocycles. The molecule has 0 radical (unpaired) electrons. The highest BCUT2D eigenvalue weighted by Crippen LogP contribution is 2.24. The van der Waals surface area contributed by atoms with Crippen molar-refractivity contribution >= 4 is 15.9 Å². The van der Waals surface area contributed by atoms with Gasteiger partial charge in [0.25, 0.3) is 0 Å². The van der Waals surface area contributed by atoms with Crippen molar-refractivity contribution < 1.29 is 0 Å². The zero-order chi connectivity index (χ0) is 13.7. The molecule has 0 heterocycles. The van der Waals surface area contributed by atoms with Gasteiger partial charge in [-0.15, -0.1) is 0 Å². The fraction of sp³-hybridized carbons (Fsp3) is 0.250. The third-order valence-corrected chi connectivity index (χ3v) is 4.12. The predicted octanol–water partition coefficient (Wildman–Crippen LogP) is 3.76. The lowest BCUT2D eigenvalue weighted by molar-refractivity contribution is 0.550. The molecular formula is C16H19BrN2. The molecule has 0 amide bonds. The third kappa shape index (κ3) is 3.66. The van der Waals surface area contributed by atoms with Crippen LogP contribution in [-0.2, 0) is 12.8 Å². The lowest BCUT2D eigenvalue weighted by atomic mass is 9.97. The Hall–Kier alpha value is -1.16. The minimum Gasteiger partial charge on any atom is -0.271 e. The predicted molar refractivity (Wildman–Crippen MR) is 83.7 cm³/mol. The summed E-state index contributed by atoms with van der Waals surface area (Å²) >= 11 is 3.59. The van der Waals surface area contributed by atoms with Crippen LogP contribution in [0.4, 0.5) is 0 Å². The Balaban J connectivity index is 2.22. The van der Waals surface area contributed by atoms with Crippen molar-refractivity contribution in [1.82, 2.24) is 5.43 Å². The number of rotatable bonds is 5. The molecular weight excluding hydrogens is 300 g/mol. The fourth-order valence-corrected chi connectivity index (χ4v) is 2.63. The molecule has 100 valence electrons. The molecule has 0 saturated heterocycles. The molecule has 1 atom stereocenters. The van der Waals surface area contributed by atoms with Gasteiger partial charge in [-0.2, -0.15) is 0 Å². The number of hydrazine groups is 1. The van der Waals surface area contributed by atoms with Gasteiger partial charge in [0, 0.05) is 4.47 Å². The van der Waals surface area contributed by atoms with E-state index in [1.165, 1.54) is 16.7 Å². The lowest BCUT2D eigenvalue weighted by Gasteiger charge is -2.18. The van der Waals surface area contributed by atoms with E-state index in [0.717, 1.165) is 17.3 Å². The standard InChI is InChI=1S/C16H19BrN2/c1-2-12-6-5-8-14(10-12)16(19-18)11-13-7-3-4-9-15(13)17/h3-10,16,19H,2,11,18H2,1H3. The summed E-state index contributed by atoms with van der Waals surface area (Å²) < 4.78 is 1.13. The van der Waals surface area contributed by atoms with E-state index in [2.05, 4.69) is 70.7 Å². The van der Waals surface area contributed by atoms with E-state index in [9.17, 15) is 0 Å². The normalized spacial score (nSPS) is 12.4. The second-order valence-electron chi connectivity index (χ2n) is 4.61. The Morgan fingerprint density at radius 2 is 1.95 bits per heavy atom. The van der Waals surface area contributed by atoms with Gasteiger partial charge >= 0.3 is 0 Å². The first-order valence-corrected chi connectivity index (χ1v) is 7.32. The largest absolute Gasteiger partial charge is 0.271 e. The van der Waals surface area contributed by atoms with E-state index >= 15 is 0 Å². The second kappa shape index (κ2) is 6.85. The van der Waals surface area contributed by atoms with E-state index in [-0.39, 0.29) is 6.04 Å². The van der Waals surface area contributed by atoms with Gasteiger partial charge in [0.1, 0.15) is 0 Å². The first-order chi connectivity index (χ1) is 9.24. The van der Waals surface area contributed by atoms with Gasteiger partial charge < -0.3 is 0 Å². The van der Waals surface area contributed by atoms with Gasteiger partial charge in [0.2, 0.25) is 0 Å². The number of halogens is 1. The maximum Gasteiger partial charge on any atom is 0.0500 e. The van der Waals surface area contributed by atoms with Crippen molar-refractivity contribution in [3.05, 3.63) is 69.7 Å². The summed E-state index contributed by atoms with van der Waals surface area (Å²) in [6, 6.07) is 17.0. The Kier molecular flexibility index (Phi) is 5.14. The summed E-state index contributed by atoms with van der Waals surface area (Å²) in [6.07, 6.45) is 1.91. The molecule has 2 nitrogen and oxygen atoms in total. The Labute approximate surface area is 123 Å². The highest BCUT2D eigenvalue weighted by Gasteiger charge is 2.12. The van der Waals surface area contributed by atoms with Crippen molar-refractivity contribution in [3.63, 3.8) is 0 Å². The minimum absolute atomic E-state index is 0.130. The molecule has 2 aromatic rings. The third-order valence-electron chi connectivity index (χ3n) is 3.34. The molecule has 0 aromatic heterocycles. The molecule has 2 aromatic carbocycles. The van der Waals surface area contributed by atoms with Crippen LogP contribution in [0.5, 0.6) is 0 Å². The first kappa shape index (κ1) is 14.3. The highest BCUT2D eigenvalue weighted by atomic mass is 79.9. The van der Waals surface area contributed by atoms with Crippen LogP contribution in [0.2, 0.25) is 0 Å². The van der Waals surface area contributed by atoms with E-state index in [0.29, 0.717) is 0 Å². The number of hydrogen-bond acceptors (Lipinski definition) is 2. The van der Waals surface area contributed by atoms with Crippen LogP contribution in [0.25, 0.3) is 0 Å². The first-order valence-electron chi connectivity index (χ1n) is 6.53. The summed E-state index contributed by atoms with van der Waals surface area (Å²) in [4.78, 5) is 0. The second-order valence-corrected chi connectivity index (χ2v) is 5.47. The average molecular weight is 319 g/mol. The SMILES string of the molecule is CCc1cccc(C(Cc2ccccc2Br)NN)c1. The summed E-state index contributed by atoms with van der Waals surface area (Å²) in [7, 11) is 0. The molecule has 0 bridgehead atoms. The van der Waals surface area contributed by atoms with Crippen molar-refractivity contribution in [2.75, 3.05) is 0 Å². The number of benzene rings is 2. The van der Waals surface area contributed by atoms with Gasteiger partial charge in [0.15, 0.2) is 0 Å². The van der Waals surface area contributed by atoms with Gasteiger partial charge in [-0.25, -0.2) is 0 Å². The number of aryl methyl sites for hydroxylation is 1. The molecule has 0 saturated carbocycles. The molecule has 0 spiro atoms. The maximum atomic E-state index is 5.73. The lowest BCUT2D eigenvalue weighted by Crippen LogP contribution is -2.29. The smallest absolute Gasteiger partial charge is 0.0500 e. The highest BCUT2D eigenvalue weighted by molar-refractivity contribution is 9.10. The monoisotopic (exact) mass is 318 g/mol.